The van der Waals surface area contributed by atoms with Gasteiger partial charge in [-0.3, -0.25) is 9.69 Å². The Bertz CT molecular complexity index is 1020. The molecule has 0 aliphatic carbocycles. The molecule has 6 nitrogen and oxygen atoms in total. The number of hydrogen-bond donors (Lipinski definition) is 1. The molecule has 1 aromatic heterocycles. The van der Waals surface area contributed by atoms with Gasteiger partial charge in [-0.2, -0.15) is 0 Å². The Morgan fingerprint density at radius 3 is 2.80 bits per heavy atom. The Hall–Kier alpha value is -2.16. The van der Waals surface area contributed by atoms with E-state index in [2.05, 4.69) is 37.1 Å². The molecule has 1 fully saturated rings. The smallest absolute Gasteiger partial charge is 0.251 e. The molecular formula is C22H25BrN4O2S. The normalized spacial score (nSPS) is 14.8. The molecule has 2 aromatic carbocycles. The molecule has 0 bridgehead atoms. The third-order valence-corrected chi connectivity index (χ3v) is 6.68. The van der Waals surface area contributed by atoms with Crippen molar-refractivity contribution in [3.8, 4) is 5.75 Å². The lowest BCUT2D eigenvalue weighted by atomic mass is 10.2. The van der Waals surface area contributed by atoms with E-state index in [-0.39, 0.29) is 5.91 Å². The lowest BCUT2D eigenvalue weighted by Gasteiger charge is -2.34. The van der Waals surface area contributed by atoms with Crippen LogP contribution in [0.15, 0.2) is 46.9 Å². The fourth-order valence-corrected chi connectivity index (χ4v) is 4.95. The first-order valence-corrected chi connectivity index (χ1v) is 11.8. The van der Waals surface area contributed by atoms with Crippen LogP contribution < -0.4 is 15.0 Å². The molecule has 158 valence electrons. The van der Waals surface area contributed by atoms with Crippen LogP contribution in [0.4, 0.5) is 5.13 Å². The molecule has 3 aromatic rings. The van der Waals surface area contributed by atoms with E-state index >= 15 is 0 Å². The van der Waals surface area contributed by atoms with Gasteiger partial charge in [0.15, 0.2) is 5.13 Å². The van der Waals surface area contributed by atoms with Crippen LogP contribution in [0.5, 0.6) is 5.75 Å². The highest BCUT2D eigenvalue weighted by Gasteiger charge is 2.20. The zero-order valence-electron chi connectivity index (χ0n) is 16.9. The number of rotatable bonds is 7. The van der Waals surface area contributed by atoms with Crippen LogP contribution in [0.25, 0.3) is 10.2 Å². The van der Waals surface area contributed by atoms with Crippen molar-refractivity contribution in [2.75, 3.05) is 50.8 Å². The average Bonchev–Trinajstić information content (AvgIpc) is 3.18. The number of nitrogens with one attached hydrogen (secondary N) is 1. The Morgan fingerprint density at radius 1 is 1.20 bits per heavy atom. The zero-order valence-corrected chi connectivity index (χ0v) is 19.3. The third-order valence-electron chi connectivity index (χ3n) is 5.10. The number of nitrogens with zero attached hydrogens (tertiary/aromatic N) is 3. The number of carbonyl (C=O) groups is 1. The van der Waals surface area contributed by atoms with E-state index in [1.54, 1.807) is 11.3 Å². The molecule has 1 N–H and O–H groups in total. The number of fused-ring (bicyclic) bond motifs is 1. The maximum Gasteiger partial charge on any atom is 0.251 e. The summed E-state index contributed by atoms with van der Waals surface area (Å²) in [4.78, 5) is 21.8. The van der Waals surface area contributed by atoms with E-state index in [1.807, 2.05) is 43.3 Å². The summed E-state index contributed by atoms with van der Waals surface area (Å²) in [5.74, 6) is 0.866. The van der Waals surface area contributed by atoms with Gasteiger partial charge < -0.3 is 15.0 Å². The molecule has 4 rings (SSSR count). The second-order valence-corrected chi connectivity index (χ2v) is 9.08. The van der Waals surface area contributed by atoms with Crippen molar-refractivity contribution in [2.45, 2.75) is 6.92 Å². The Labute approximate surface area is 189 Å². The fraction of sp³-hybridized carbons (Fsp3) is 0.364. The first-order valence-electron chi connectivity index (χ1n) is 10.2. The molecule has 8 heteroatoms. The predicted octanol–water partition coefficient (Wildman–Crippen LogP) is 4.01. The first-order chi connectivity index (χ1) is 14.6. The molecule has 1 saturated heterocycles. The van der Waals surface area contributed by atoms with E-state index in [1.165, 1.54) is 0 Å². The zero-order chi connectivity index (χ0) is 20.9. The molecule has 0 unspecified atom stereocenters. The van der Waals surface area contributed by atoms with Crippen molar-refractivity contribution in [3.05, 3.63) is 52.5 Å². The standard InChI is InChI=1S/C22H25BrN4O2S/c1-2-29-18-6-7-19-20(15-18)30-22(25-19)27-12-10-26(11-13-27)9-8-24-21(28)16-4-3-5-17(23)14-16/h3-7,14-15H,2,8-13H2,1H3,(H,24,28). The maximum absolute atomic E-state index is 12.3. The Morgan fingerprint density at radius 2 is 2.03 bits per heavy atom. The summed E-state index contributed by atoms with van der Waals surface area (Å²) >= 11 is 5.13. The topological polar surface area (TPSA) is 57.7 Å². The second kappa shape index (κ2) is 9.76. The molecule has 30 heavy (non-hydrogen) atoms. The van der Waals surface area contributed by atoms with Crippen molar-refractivity contribution in [2.24, 2.45) is 0 Å². The molecule has 1 aliphatic heterocycles. The summed E-state index contributed by atoms with van der Waals surface area (Å²) in [6, 6.07) is 13.5. The molecular weight excluding hydrogens is 464 g/mol. The molecule has 0 saturated carbocycles. The highest BCUT2D eigenvalue weighted by Crippen LogP contribution is 2.31. The van der Waals surface area contributed by atoms with Crippen molar-refractivity contribution in [3.63, 3.8) is 0 Å². The predicted molar refractivity (Wildman–Crippen MR) is 126 cm³/mol. The lowest BCUT2D eigenvalue weighted by molar-refractivity contribution is 0.0947. The van der Waals surface area contributed by atoms with E-state index in [9.17, 15) is 4.79 Å². The lowest BCUT2D eigenvalue weighted by Crippen LogP contribution is -2.48. The molecule has 0 atom stereocenters. The van der Waals surface area contributed by atoms with Crippen LogP contribution in [-0.4, -0.2) is 61.7 Å². The summed E-state index contributed by atoms with van der Waals surface area (Å²) in [6.07, 6.45) is 0. The number of halogens is 1. The average molecular weight is 489 g/mol. The van der Waals surface area contributed by atoms with Crippen LogP contribution in [0.2, 0.25) is 0 Å². The highest BCUT2D eigenvalue weighted by atomic mass is 79.9. The van der Waals surface area contributed by atoms with Crippen LogP contribution in [0.1, 0.15) is 17.3 Å². The van der Waals surface area contributed by atoms with Gasteiger partial charge in [0.1, 0.15) is 5.75 Å². The van der Waals surface area contributed by atoms with Gasteiger partial charge in [-0.1, -0.05) is 33.3 Å². The number of anilines is 1. The number of aromatic nitrogens is 1. The van der Waals surface area contributed by atoms with Crippen LogP contribution in [-0.2, 0) is 0 Å². The molecule has 1 aliphatic rings. The van der Waals surface area contributed by atoms with E-state index in [4.69, 9.17) is 9.72 Å². The van der Waals surface area contributed by atoms with Gasteiger partial charge in [0.25, 0.3) is 5.91 Å². The molecule has 0 radical (unpaired) electrons. The number of ether oxygens (including phenoxy) is 1. The Balaban J connectivity index is 1.26. The van der Waals surface area contributed by atoms with Gasteiger partial charge in [-0.05, 0) is 43.3 Å². The number of benzene rings is 2. The van der Waals surface area contributed by atoms with Gasteiger partial charge >= 0.3 is 0 Å². The summed E-state index contributed by atoms with van der Waals surface area (Å²) in [6.45, 7) is 7.98. The van der Waals surface area contributed by atoms with E-state index in [0.29, 0.717) is 18.7 Å². The number of piperazine rings is 1. The van der Waals surface area contributed by atoms with Gasteiger partial charge in [-0.15, -0.1) is 0 Å². The SMILES string of the molecule is CCOc1ccc2nc(N3CCN(CCNC(=O)c4cccc(Br)c4)CC3)sc2c1. The van der Waals surface area contributed by atoms with Crippen molar-refractivity contribution >= 4 is 48.5 Å². The van der Waals surface area contributed by atoms with Gasteiger partial charge in [0.05, 0.1) is 16.8 Å². The van der Waals surface area contributed by atoms with E-state index < -0.39 is 0 Å². The van der Waals surface area contributed by atoms with Crippen molar-refractivity contribution < 1.29 is 9.53 Å². The van der Waals surface area contributed by atoms with Crippen molar-refractivity contribution in [1.29, 1.82) is 0 Å². The van der Waals surface area contributed by atoms with E-state index in [0.717, 1.165) is 58.3 Å². The minimum Gasteiger partial charge on any atom is -0.494 e. The van der Waals surface area contributed by atoms with Gasteiger partial charge in [0.2, 0.25) is 0 Å². The highest BCUT2D eigenvalue weighted by molar-refractivity contribution is 9.10. The maximum atomic E-state index is 12.3. The monoisotopic (exact) mass is 488 g/mol. The number of carbonyl (C=O) groups excluding carboxylic acids is 1. The molecule has 1 amide bonds. The first kappa shape index (κ1) is 21.1. The minimum absolute atomic E-state index is 0.0316. The van der Waals surface area contributed by atoms with Crippen LogP contribution in [0, 0.1) is 0 Å². The minimum atomic E-state index is -0.0316. The van der Waals surface area contributed by atoms with Crippen molar-refractivity contribution in [1.82, 2.24) is 15.2 Å². The third kappa shape index (κ3) is 5.11. The summed E-state index contributed by atoms with van der Waals surface area (Å²) in [5.41, 5.74) is 1.70. The largest absolute Gasteiger partial charge is 0.494 e. The second-order valence-electron chi connectivity index (χ2n) is 7.15. The number of hydrogen-bond acceptors (Lipinski definition) is 6. The van der Waals surface area contributed by atoms with Gasteiger partial charge in [0, 0.05) is 49.3 Å². The fourth-order valence-electron chi connectivity index (χ4n) is 3.51. The quantitative estimate of drug-likeness (QED) is 0.544. The number of amides is 1. The van der Waals surface area contributed by atoms with Crippen LogP contribution >= 0.6 is 27.3 Å². The summed E-state index contributed by atoms with van der Waals surface area (Å²) in [5, 5.41) is 4.08. The van der Waals surface area contributed by atoms with Gasteiger partial charge in [-0.25, -0.2) is 4.98 Å². The molecule has 2 heterocycles. The summed E-state index contributed by atoms with van der Waals surface area (Å²) < 4.78 is 7.67. The number of thiazole rings is 1. The molecule has 0 spiro atoms. The summed E-state index contributed by atoms with van der Waals surface area (Å²) in [7, 11) is 0. The Kier molecular flexibility index (Phi) is 6.86. The van der Waals surface area contributed by atoms with Crippen LogP contribution in [0.3, 0.4) is 0 Å².